The van der Waals surface area contributed by atoms with E-state index in [-0.39, 0.29) is 17.4 Å². The first kappa shape index (κ1) is 19.9. The minimum atomic E-state index is -0.0936. The van der Waals surface area contributed by atoms with E-state index in [0.717, 1.165) is 39.3 Å². The first-order chi connectivity index (χ1) is 14.6. The van der Waals surface area contributed by atoms with Gasteiger partial charge in [-0.1, -0.05) is 41.9 Å². The van der Waals surface area contributed by atoms with Crippen LogP contribution >= 0.6 is 11.6 Å². The quantitative estimate of drug-likeness (QED) is 0.799. The lowest BCUT2D eigenvalue weighted by atomic mass is 9.64. The van der Waals surface area contributed by atoms with Crippen molar-refractivity contribution < 1.29 is 9.53 Å². The first-order valence-electron chi connectivity index (χ1n) is 10.8. The van der Waals surface area contributed by atoms with Crippen molar-refractivity contribution in [2.75, 3.05) is 45.9 Å². The Labute approximate surface area is 182 Å². The standard InChI is InChI=1S/C24H28ClN3O2/c1-2-30-21-9-8-17(12-20(21)25)23(29)26-22-18-13-27-10-11-28(14-18)16-24(22,15-27)19-6-4-3-5-7-19/h3-9,12,18,22H,2,10-11,13-16H2,1H3,(H,26,29)/t18?,22-,24?/m1/s1. The van der Waals surface area contributed by atoms with Crippen LogP contribution in [0, 0.1) is 5.92 Å². The largest absolute Gasteiger partial charge is 0.492 e. The summed E-state index contributed by atoms with van der Waals surface area (Å²) in [6.07, 6.45) is 0. The van der Waals surface area contributed by atoms with Gasteiger partial charge < -0.3 is 19.9 Å². The van der Waals surface area contributed by atoms with E-state index in [4.69, 9.17) is 16.3 Å². The van der Waals surface area contributed by atoms with E-state index in [0.29, 0.717) is 28.9 Å². The topological polar surface area (TPSA) is 44.8 Å². The highest BCUT2D eigenvalue weighted by atomic mass is 35.5. The van der Waals surface area contributed by atoms with Gasteiger partial charge in [0.05, 0.1) is 11.6 Å². The number of nitrogens with zero attached hydrogens (tertiary/aromatic N) is 2. The summed E-state index contributed by atoms with van der Waals surface area (Å²) in [6, 6.07) is 16.1. The molecule has 158 valence electrons. The lowest BCUT2D eigenvalue weighted by Gasteiger charge is -2.55. The van der Waals surface area contributed by atoms with E-state index < -0.39 is 0 Å². The molecule has 3 atom stereocenters. The number of amides is 1. The van der Waals surface area contributed by atoms with Crippen molar-refractivity contribution in [3.63, 3.8) is 0 Å². The highest BCUT2D eigenvalue weighted by molar-refractivity contribution is 6.32. The number of ether oxygens (including phenoxy) is 1. The number of rotatable bonds is 5. The van der Waals surface area contributed by atoms with Crippen LogP contribution in [0.5, 0.6) is 5.75 Å². The second-order valence-corrected chi connectivity index (χ2v) is 9.19. The van der Waals surface area contributed by atoms with Crippen LogP contribution in [-0.4, -0.2) is 67.6 Å². The normalized spacial score (nSPS) is 31.9. The zero-order valence-electron chi connectivity index (χ0n) is 17.3. The maximum atomic E-state index is 13.3. The third kappa shape index (κ3) is 3.39. The summed E-state index contributed by atoms with van der Waals surface area (Å²) in [6.45, 7) is 8.74. The van der Waals surface area contributed by atoms with Crippen LogP contribution in [0.25, 0.3) is 0 Å². The summed E-state index contributed by atoms with van der Waals surface area (Å²) in [5.41, 5.74) is 1.81. The van der Waals surface area contributed by atoms with Crippen LogP contribution in [-0.2, 0) is 5.41 Å². The molecule has 2 aromatic carbocycles. The van der Waals surface area contributed by atoms with Crippen molar-refractivity contribution in [3.05, 3.63) is 64.7 Å². The van der Waals surface area contributed by atoms with E-state index >= 15 is 0 Å². The molecule has 6 heteroatoms. The first-order valence-corrected chi connectivity index (χ1v) is 11.2. The molecule has 30 heavy (non-hydrogen) atoms. The number of piperidine rings is 2. The molecule has 1 amide bonds. The Morgan fingerprint density at radius 1 is 1.13 bits per heavy atom. The number of benzene rings is 2. The minimum absolute atomic E-state index is 0.0589. The fourth-order valence-electron chi connectivity index (χ4n) is 5.71. The van der Waals surface area contributed by atoms with Gasteiger partial charge in [0.1, 0.15) is 5.75 Å². The second-order valence-electron chi connectivity index (χ2n) is 8.78. The average molecular weight is 426 g/mol. The highest BCUT2D eigenvalue weighted by Gasteiger charge is 2.55. The molecule has 0 saturated carbocycles. The number of nitrogens with one attached hydrogen (secondary N) is 1. The Balaban J connectivity index is 1.47. The Bertz CT molecular complexity index is 919. The summed E-state index contributed by atoms with van der Waals surface area (Å²) in [7, 11) is 0. The molecule has 5 nitrogen and oxygen atoms in total. The molecule has 6 rings (SSSR count). The monoisotopic (exact) mass is 425 g/mol. The summed E-state index contributed by atoms with van der Waals surface area (Å²) >= 11 is 6.34. The van der Waals surface area contributed by atoms with E-state index in [9.17, 15) is 4.79 Å². The lowest BCUT2D eigenvalue weighted by molar-refractivity contribution is 0.0180. The van der Waals surface area contributed by atoms with E-state index in [1.807, 2.05) is 6.92 Å². The van der Waals surface area contributed by atoms with Crippen LogP contribution in [0.1, 0.15) is 22.8 Å². The molecule has 0 aromatic heterocycles. The molecule has 0 radical (unpaired) electrons. The molecule has 2 aromatic rings. The minimum Gasteiger partial charge on any atom is -0.492 e. The molecule has 4 bridgehead atoms. The fourth-order valence-corrected chi connectivity index (χ4v) is 5.94. The van der Waals surface area contributed by atoms with E-state index in [1.165, 1.54) is 5.56 Å². The van der Waals surface area contributed by atoms with Crippen molar-refractivity contribution in [2.24, 2.45) is 5.92 Å². The zero-order valence-corrected chi connectivity index (χ0v) is 18.1. The van der Waals surface area contributed by atoms with Gasteiger partial charge in [-0.2, -0.15) is 0 Å². The molecular weight excluding hydrogens is 398 g/mol. The van der Waals surface area contributed by atoms with E-state index in [1.54, 1.807) is 18.2 Å². The highest BCUT2D eigenvalue weighted by Crippen LogP contribution is 2.43. The SMILES string of the molecule is CCOc1ccc(C(=O)N[C@@H]2C3CN4CCN(C3)CC2(c2ccccc2)C4)cc1Cl. The van der Waals surface area contributed by atoms with Gasteiger partial charge in [0.25, 0.3) is 5.91 Å². The summed E-state index contributed by atoms with van der Waals surface area (Å²) in [5.74, 6) is 0.969. The number of hydrogen-bond acceptors (Lipinski definition) is 4. The zero-order chi connectivity index (χ0) is 20.7. The average Bonchev–Trinajstić information content (AvgIpc) is 3.01. The molecule has 4 aliphatic rings. The molecule has 2 unspecified atom stereocenters. The van der Waals surface area contributed by atoms with Gasteiger partial charge in [-0.05, 0) is 30.7 Å². The van der Waals surface area contributed by atoms with Crippen LogP contribution in [0.4, 0.5) is 0 Å². The number of hydrogen-bond donors (Lipinski definition) is 1. The van der Waals surface area contributed by atoms with Gasteiger partial charge in [-0.25, -0.2) is 0 Å². The second kappa shape index (κ2) is 7.88. The number of carbonyl (C=O) groups excluding carboxylic acids is 1. The van der Waals surface area contributed by atoms with Gasteiger partial charge in [-0.15, -0.1) is 0 Å². The number of carbonyl (C=O) groups is 1. The summed E-state index contributed by atoms with van der Waals surface area (Å²) < 4.78 is 5.51. The van der Waals surface area contributed by atoms with Crippen LogP contribution in [0.3, 0.4) is 0 Å². The van der Waals surface area contributed by atoms with Gasteiger partial charge in [0, 0.05) is 62.2 Å². The third-order valence-corrected chi connectivity index (χ3v) is 7.22. The van der Waals surface area contributed by atoms with Crippen molar-refractivity contribution in [3.8, 4) is 5.75 Å². The maximum absolute atomic E-state index is 13.3. The Hall–Kier alpha value is -2.08. The predicted molar refractivity (Wildman–Crippen MR) is 118 cm³/mol. The van der Waals surface area contributed by atoms with E-state index in [2.05, 4.69) is 45.4 Å². The lowest BCUT2D eigenvalue weighted by Crippen LogP contribution is -2.70. The van der Waals surface area contributed by atoms with Crippen molar-refractivity contribution in [1.29, 1.82) is 0 Å². The van der Waals surface area contributed by atoms with Gasteiger partial charge in [0.15, 0.2) is 0 Å². The Morgan fingerprint density at radius 3 is 2.47 bits per heavy atom. The summed E-state index contributed by atoms with van der Waals surface area (Å²) in [4.78, 5) is 18.4. The van der Waals surface area contributed by atoms with Gasteiger partial charge in [-0.3, -0.25) is 4.79 Å². The molecule has 4 aliphatic heterocycles. The predicted octanol–water partition coefficient (Wildman–Crippen LogP) is 3.04. The van der Waals surface area contributed by atoms with Crippen LogP contribution in [0.15, 0.2) is 48.5 Å². The Morgan fingerprint density at radius 2 is 1.83 bits per heavy atom. The summed E-state index contributed by atoms with van der Waals surface area (Å²) in [5, 5.41) is 3.91. The van der Waals surface area contributed by atoms with Gasteiger partial charge >= 0.3 is 0 Å². The van der Waals surface area contributed by atoms with Crippen LogP contribution in [0.2, 0.25) is 5.02 Å². The fraction of sp³-hybridized carbons (Fsp3) is 0.458. The van der Waals surface area contributed by atoms with Gasteiger partial charge in [0.2, 0.25) is 0 Å². The smallest absolute Gasteiger partial charge is 0.251 e. The molecule has 0 aliphatic carbocycles. The molecule has 1 N–H and O–H groups in total. The molecule has 4 heterocycles. The van der Waals surface area contributed by atoms with Crippen molar-refractivity contribution in [1.82, 2.24) is 15.1 Å². The number of fused-ring (bicyclic) bond motifs is 1. The third-order valence-electron chi connectivity index (χ3n) is 6.93. The van der Waals surface area contributed by atoms with Crippen molar-refractivity contribution in [2.45, 2.75) is 18.4 Å². The molecule has 0 spiro atoms. The van der Waals surface area contributed by atoms with Crippen LogP contribution < -0.4 is 10.1 Å². The number of halogens is 1. The molecule has 4 saturated heterocycles. The van der Waals surface area contributed by atoms with Crippen molar-refractivity contribution >= 4 is 17.5 Å². The molecular formula is C24H28ClN3O2. The maximum Gasteiger partial charge on any atom is 0.251 e. The Kier molecular flexibility index (Phi) is 5.21. The molecule has 4 fully saturated rings.